The molecule has 0 saturated carbocycles. The normalized spacial score (nSPS) is 11.0. The monoisotopic (exact) mass is 484 g/mol. The number of nitrogens with zero attached hydrogens (tertiary/aromatic N) is 1. The molecule has 0 aliphatic heterocycles. The molecule has 0 amide bonds. The van der Waals surface area contributed by atoms with Gasteiger partial charge >= 0.3 is 0 Å². The lowest BCUT2D eigenvalue weighted by molar-refractivity contribution is 0.303. The maximum Gasteiger partial charge on any atom is 0.124 e. The number of halogens is 1. The fourth-order valence-electron chi connectivity index (χ4n) is 3.87. The molecule has 0 aliphatic carbocycles. The summed E-state index contributed by atoms with van der Waals surface area (Å²) in [5.41, 5.74) is 7.85. The molecule has 0 saturated heterocycles. The maximum absolute atomic E-state index is 6.28. The second-order valence-corrected chi connectivity index (χ2v) is 9.92. The van der Waals surface area contributed by atoms with Crippen molar-refractivity contribution in [2.45, 2.75) is 27.0 Å². The van der Waals surface area contributed by atoms with Crippen LogP contribution in [0.5, 0.6) is 5.75 Å². The molecule has 1 aromatic heterocycles. The smallest absolute Gasteiger partial charge is 0.124 e. The molecule has 1 heterocycles. The average Bonchev–Trinajstić information content (AvgIpc) is 3.26. The second kappa shape index (κ2) is 9.88. The van der Waals surface area contributed by atoms with Gasteiger partial charge in [-0.3, -0.25) is 0 Å². The largest absolute Gasteiger partial charge is 0.489 e. The Morgan fingerprint density at radius 3 is 2.53 bits per heavy atom. The van der Waals surface area contributed by atoms with E-state index in [9.17, 15) is 0 Å². The third-order valence-corrected chi connectivity index (χ3v) is 6.96. The summed E-state index contributed by atoms with van der Waals surface area (Å²) >= 11 is 8.01. The summed E-state index contributed by atoms with van der Waals surface area (Å²) in [7, 11) is 0. The van der Waals surface area contributed by atoms with Gasteiger partial charge in [-0.1, -0.05) is 47.5 Å². The van der Waals surface area contributed by atoms with Crippen LogP contribution in [0.2, 0.25) is 5.02 Å². The zero-order chi connectivity index (χ0) is 23.5. The minimum Gasteiger partial charge on any atom is -0.489 e. The topological polar surface area (TPSA) is 34.1 Å². The minimum atomic E-state index is 0.521. The van der Waals surface area contributed by atoms with Gasteiger partial charge in [-0.15, -0.1) is 11.3 Å². The summed E-state index contributed by atoms with van der Waals surface area (Å²) in [5.74, 6) is 0.833. The number of hydrogen-bond donors (Lipinski definition) is 1. The molecular formula is C29H25ClN2OS. The lowest BCUT2D eigenvalue weighted by Gasteiger charge is -2.14. The SMILES string of the molecule is Cc1cccc(COc2ccc(Cl)cc2CNc2ccc(-c3nc4ccc(C)cc4s3)cc2)c1. The van der Waals surface area contributed by atoms with Crippen molar-refractivity contribution in [1.82, 2.24) is 4.98 Å². The summed E-state index contributed by atoms with van der Waals surface area (Å²) in [4.78, 5) is 4.79. The molecule has 0 aliphatic rings. The van der Waals surface area contributed by atoms with E-state index in [4.69, 9.17) is 21.3 Å². The molecule has 170 valence electrons. The summed E-state index contributed by atoms with van der Waals surface area (Å²) < 4.78 is 7.35. The molecule has 4 aromatic carbocycles. The number of aromatic nitrogens is 1. The Bertz CT molecular complexity index is 1440. The van der Waals surface area contributed by atoms with E-state index in [-0.39, 0.29) is 0 Å². The van der Waals surface area contributed by atoms with Crippen LogP contribution in [0.4, 0.5) is 5.69 Å². The highest BCUT2D eigenvalue weighted by Gasteiger charge is 2.08. The molecule has 34 heavy (non-hydrogen) atoms. The molecule has 0 radical (unpaired) electrons. The Morgan fingerprint density at radius 2 is 1.71 bits per heavy atom. The zero-order valence-electron chi connectivity index (χ0n) is 19.1. The Balaban J connectivity index is 1.27. The first-order valence-electron chi connectivity index (χ1n) is 11.2. The van der Waals surface area contributed by atoms with E-state index >= 15 is 0 Å². The zero-order valence-corrected chi connectivity index (χ0v) is 20.7. The fourth-order valence-corrected chi connectivity index (χ4v) is 5.14. The van der Waals surface area contributed by atoms with E-state index < -0.39 is 0 Å². The van der Waals surface area contributed by atoms with Crippen molar-refractivity contribution in [3.05, 3.63) is 112 Å². The van der Waals surface area contributed by atoms with Gasteiger partial charge in [0.05, 0.1) is 10.2 Å². The third kappa shape index (κ3) is 5.24. The first-order chi connectivity index (χ1) is 16.5. The van der Waals surface area contributed by atoms with Gasteiger partial charge in [-0.2, -0.15) is 0 Å². The van der Waals surface area contributed by atoms with Crippen LogP contribution in [0.3, 0.4) is 0 Å². The summed E-state index contributed by atoms with van der Waals surface area (Å²) in [6, 6.07) is 28.9. The summed E-state index contributed by atoms with van der Waals surface area (Å²) in [6.45, 7) is 5.33. The molecule has 5 rings (SSSR count). The highest BCUT2D eigenvalue weighted by atomic mass is 35.5. The number of anilines is 1. The van der Waals surface area contributed by atoms with Crippen molar-refractivity contribution in [2.24, 2.45) is 0 Å². The first kappa shape index (κ1) is 22.5. The minimum absolute atomic E-state index is 0.521. The van der Waals surface area contributed by atoms with Crippen molar-refractivity contribution in [2.75, 3.05) is 5.32 Å². The summed E-state index contributed by atoms with van der Waals surface area (Å²) in [6.07, 6.45) is 0. The van der Waals surface area contributed by atoms with Crippen molar-refractivity contribution < 1.29 is 4.74 Å². The van der Waals surface area contributed by atoms with E-state index in [1.165, 1.54) is 15.8 Å². The molecule has 3 nitrogen and oxygen atoms in total. The molecule has 5 aromatic rings. The number of rotatable bonds is 7. The van der Waals surface area contributed by atoms with Crippen molar-refractivity contribution in [3.63, 3.8) is 0 Å². The highest BCUT2D eigenvalue weighted by Crippen LogP contribution is 2.31. The van der Waals surface area contributed by atoms with E-state index in [0.29, 0.717) is 18.2 Å². The maximum atomic E-state index is 6.28. The van der Waals surface area contributed by atoms with Crippen LogP contribution in [0, 0.1) is 13.8 Å². The van der Waals surface area contributed by atoms with Crippen molar-refractivity contribution >= 4 is 38.8 Å². The first-order valence-corrected chi connectivity index (χ1v) is 12.4. The van der Waals surface area contributed by atoms with Gasteiger partial charge in [0.2, 0.25) is 0 Å². The fraction of sp³-hybridized carbons (Fsp3) is 0.138. The number of fused-ring (bicyclic) bond motifs is 1. The van der Waals surface area contributed by atoms with Crippen molar-refractivity contribution in [3.8, 4) is 16.3 Å². The van der Waals surface area contributed by atoms with Crippen LogP contribution in [0.1, 0.15) is 22.3 Å². The van der Waals surface area contributed by atoms with Crippen LogP contribution < -0.4 is 10.1 Å². The Hall–Kier alpha value is -3.34. The number of aryl methyl sites for hydroxylation is 2. The number of nitrogens with one attached hydrogen (secondary N) is 1. The molecule has 0 spiro atoms. The van der Waals surface area contributed by atoms with Gasteiger partial charge in [-0.25, -0.2) is 4.98 Å². The van der Waals surface area contributed by atoms with Gasteiger partial charge < -0.3 is 10.1 Å². The van der Waals surface area contributed by atoms with E-state index in [0.717, 1.165) is 38.7 Å². The van der Waals surface area contributed by atoms with Crippen LogP contribution in [0.15, 0.2) is 84.9 Å². The van der Waals surface area contributed by atoms with E-state index in [1.807, 2.05) is 18.2 Å². The molecule has 1 N–H and O–H groups in total. The number of hydrogen-bond acceptors (Lipinski definition) is 4. The van der Waals surface area contributed by atoms with Gasteiger partial charge in [-0.05, 0) is 79.6 Å². The Labute approximate surface area is 209 Å². The van der Waals surface area contributed by atoms with Crippen LogP contribution in [0.25, 0.3) is 20.8 Å². The Morgan fingerprint density at radius 1 is 0.882 bits per heavy atom. The molecular weight excluding hydrogens is 460 g/mol. The standard InChI is InChI=1S/C29H25ClN2OS/c1-19-4-3-5-21(14-19)18-33-27-13-9-24(30)16-23(27)17-31-25-10-7-22(8-11-25)29-32-26-12-6-20(2)15-28(26)34-29/h3-16,31H,17-18H2,1-2H3. The second-order valence-electron chi connectivity index (χ2n) is 8.45. The lowest BCUT2D eigenvalue weighted by Crippen LogP contribution is -2.04. The molecule has 5 heteroatoms. The van der Waals surface area contributed by atoms with Gasteiger partial charge in [0.15, 0.2) is 0 Å². The predicted octanol–water partition coefficient (Wildman–Crippen LogP) is 8.42. The van der Waals surface area contributed by atoms with Crippen LogP contribution in [-0.4, -0.2) is 4.98 Å². The highest BCUT2D eigenvalue weighted by molar-refractivity contribution is 7.21. The lowest BCUT2D eigenvalue weighted by atomic mass is 10.1. The van der Waals surface area contributed by atoms with Gasteiger partial charge in [0, 0.05) is 28.4 Å². The van der Waals surface area contributed by atoms with Crippen molar-refractivity contribution in [1.29, 1.82) is 0 Å². The van der Waals surface area contributed by atoms with E-state index in [1.54, 1.807) is 11.3 Å². The number of thiazole rings is 1. The predicted molar refractivity (Wildman–Crippen MR) is 144 cm³/mol. The average molecular weight is 485 g/mol. The molecule has 0 bridgehead atoms. The molecule has 0 fully saturated rings. The summed E-state index contributed by atoms with van der Waals surface area (Å²) in [5, 5.41) is 5.22. The number of ether oxygens (including phenoxy) is 1. The van der Waals surface area contributed by atoms with Gasteiger partial charge in [0.25, 0.3) is 0 Å². The van der Waals surface area contributed by atoms with Crippen LogP contribution in [-0.2, 0) is 13.2 Å². The Kier molecular flexibility index (Phi) is 6.52. The molecule has 0 atom stereocenters. The van der Waals surface area contributed by atoms with Gasteiger partial charge in [0.1, 0.15) is 17.4 Å². The molecule has 0 unspecified atom stereocenters. The van der Waals surface area contributed by atoms with Crippen LogP contribution >= 0.6 is 22.9 Å². The number of benzene rings is 4. The third-order valence-electron chi connectivity index (χ3n) is 5.66. The quantitative estimate of drug-likeness (QED) is 0.251. The van der Waals surface area contributed by atoms with E-state index in [2.05, 4.69) is 85.9 Å².